The van der Waals surface area contributed by atoms with Gasteiger partial charge in [0.15, 0.2) is 0 Å². The van der Waals surface area contributed by atoms with E-state index in [1.165, 1.54) is 25.7 Å². The Morgan fingerprint density at radius 3 is 2.74 bits per heavy atom. The summed E-state index contributed by atoms with van der Waals surface area (Å²) in [4.78, 5) is 11.9. The highest BCUT2D eigenvalue weighted by atomic mass is 35.5. The topological polar surface area (TPSA) is 41.1 Å². The van der Waals surface area contributed by atoms with Gasteiger partial charge in [-0.15, -0.1) is 0 Å². The quantitative estimate of drug-likeness (QED) is 0.867. The van der Waals surface area contributed by atoms with Crippen LogP contribution in [-0.4, -0.2) is 18.5 Å². The number of carbonyl (C=O) groups excluding carboxylic acids is 1. The molecule has 0 unspecified atom stereocenters. The summed E-state index contributed by atoms with van der Waals surface area (Å²) < 4.78 is 0. The van der Waals surface area contributed by atoms with Crippen molar-refractivity contribution >= 4 is 23.2 Å². The smallest absolute Gasteiger partial charge is 0.238 e. The van der Waals surface area contributed by atoms with Crippen molar-refractivity contribution in [1.82, 2.24) is 5.32 Å². The summed E-state index contributed by atoms with van der Waals surface area (Å²) in [6, 6.07) is 7.68. The third-order valence-corrected chi connectivity index (χ3v) is 4.17. The first kappa shape index (κ1) is 14.4. The molecule has 0 aliphatic heterocycles. The van der Waals surface area contributed by atoms with E-state index in [2.05, 4.69) is 17.6 Å². The molecule has 2 N–H and O–H groups in total. The fraction of sp³-hybridized carbons (Fsp3) is 0.533. The number of anilines is 1. The lowest BCUT2D eigenvalue weighted by atomic mass is 10.00. The van der Waals surface area contributed by atoms with E-state index in [4.69, 9.17) is 11.6 Å². The van der Waals surface area contributed by atoms with E-state index in [9.17, 15) is 4.79 Å². The average Bonchev–Trinajstić information content (AvgIpc) is 2.93. The van der Waals surface area contributed by atoms with E-state index in [0.29, 0.717) is 29.2 Å². The molecule has 1 amide bonds. The van der Waals surface area contributed by atoms with Crippen LogP contribution >= 0.6 is 11.6 Å². The maximum absolute atomic E-state index is 11.9. The minimum absolute atomic E-state index is 0.0436. The average molecular weight is 281 g/mol. The molecular formula is C15H21ClN2O. The molecule has 1 saturated carbocycles. The maximum Gasteiger partial charge on any atom is 0.238 e. The summed E-state index contributed by atoms with van der Waals surface area (Å²) in [6.07, 6.45) is 5.20. The Balaban J connectivity index is 1.77. The molecule has 104 valence electrons. The lowest BCUT2D eigenvalue weighted by molar-refractivity contribution is -0.115. The maximum atomic E-state index is 11.9. The zero-order valence-electron chi connectivity index (χ0n) is 11.3. The molecule has 0 aromatic heterocycles. The molecule has 19 heavy (non-hydrogen) atoms. The van der Waals surface area contributed by atoms with Crippen LogP contribution in [0.3, 0.4) is 0 Å². The van der Waals surface area contributed by atoms with Gasteiger partial charge in [-0.25, -0.2) is 0 Å². The number of hydrogen-bond donors (Lipinski definition) is 2. The Morgan fingerprint density at radius 2 is 2.05 bits per heavy atom. The standard InChI is InChI=1S/C15H21ClN2O/c1-11(12-6-2-3-7-12)17-10-15(19)18-14-9-5-4-8-13(14)16/h4-5,8-9,11-12,17H,2-3,6-7,10H2,1H3,(H,18,19)/t11-/m0/s1. The van der Waals surface area contributed by atoms with Gasteiger partial charge >= 0.3 is 0 Å². The number of benzene rings is 1. The second-order valence-corrected chi connectivity index (χ2v) is 5.65. The van der Waals surface area contributed by atoms with Crippen LogP contribution in [0.5, 0.6) is 0 Å². The van der Waals surface area contributed by atoms with E-state index < -0.39 is 0 Å². The molecular weight excluding hydrogens is 260 g/mol. The predicted molar refractivity (Wildman–Crippen MR) is 79.5 cm³/mol. The van der Waals surface area contributed by atoms with Crippen molar-refractivity contribution in [3.8, 4) is 0 Å². The van der Waals surface area contributed by atoms with Gasteiger partial charge in [0.25, 0.3) is 0 Å². The molecule has 1 aromatic carbocycles. The molecule has 0 heterocycles. The first-order chi connectivity index (χ1) is 9.16. The summed E-state index contributed by atoms with van der Waals surface area (Å²) in [6.45, 7) is 2.50. The molecule has 0 spiro atoms. The number of carbonyl (C=O) groups is 1. The van der Waals surface area contributed by atoms with Crippen LogP contribution in [0.4, 0.5) is 5.69 Å². The number of nitrogens with one attached hydrogen (secondary N) is 2. The van der Waals surface area contributed by atoms with E-state index in [1.54, 1.807) is 12.1 Å². The lowest BCUT2D eigenvalue weighted by Crippen LogP contribution is -2.38. The van der Waals surface area contributed by atoms with Crippen molar-refractivity contribution in [2.24, 2.45) is 5.92 Å². The van der Waals surface area contributed by atoms with Crippen molar-refractivity contribution in [1.29, 1.82) is 0 Å². The van der Waals surface area contributed by atoms with Gasteiger partial charge in [0, 0.05) is 6.04 Å². The Kier molecular flexibility index (Phi) is 5.23. The summed E-state index contributed by atoms with van der Waals surface area (Å²) in [5, 5.41) is 6.70. The highest BCUT2D eigenvalue weighted by Gasteiger charge is 2.21. The van der Waals surface area contributed by atoms with Gasteiger partial charge in [-0.2, -0.15) is 0 Å². The summed E-state index contributed by atoms with van der Waals surface area (Å²) in [5.41, 5.74) is 0.671. The van der Waals surface area contributed by atoms with Gasteiger partial charge in [0.2, 0.25) is 5.91 Å². The zero-order valence-corrected chi connectivity index (χ0v) is 12.0. The molecule has 2 rings (SSSR count). The summed E-state index contributed by atoms with van der Waals surface area (Å²) >= 11 is 6.00. The third kappa shape index (κ3) is 4.22. The van der Waals surface area contributed by atoms with Gasteiger partial charge in [-0.3, -0.25) is 4.79 Å². The van der Waals surface area contributed by atoms with Crippen molar-refractivity contribution in [2.45, 2.75) is 38.6 Å². The third-order valence-electron chi connectivity index (χ3n) is 3.84. The second-order valence-electron chi connectivity index (χ2n) is 5.24. The molecule has 0 saturated heterocycles. The normalized spacial score (nSPS) is 17.4. The Labute approximate surface area is 119 Å². The number of halogens is 1. The Hall–Kier alpha value is -1.06. The van der Waals surface area contributed by atoms with E-state index in [1.807, 2.05) is 12.1 Å². The van der Waals surface area contributed by atoms with Crippen LogP contribution < -0.4 is 10.6 Å². The molecule has 3 nitrogen and oxygen atoms in total. The molecule has 1 fully saturated rings. The zero-order chi connectivity index (χ0) is 13.7. The molecule has 0 bridgehead atoms. The fourth-order valence-electron chi connectivity index (χ4n) is 2.63. The van der Waals surface area contributed by atoms with Crippen molar-refractivity contribution in [3.63, 3.8) is 0 Å². The Bertz CT molecular complexity index is 430. The molecule has 1 aliphatic rings. The van der Waals surface area contributed by atoms with Crippen LogP contribution in [0.25, 0.3) is 0 Å². The Morgan fingerprint density at radius 1 is 1.37 bits per heavy atom. The molecule has 1 aliphatic carbocycles. The molecule has 4 heteroatoms. The molecule has 1 atom stereocenters. The van der Waals surface area contributed by atoms with Crippen molar-refractivity contribution in [2.75, 3.05) is 11.9 Å². The largest absolute Gasteiger partial charge is 0.324 e. The second kappa shape index (κ2) is 6.92. The lowest BCUT2D eigenvalue weighted by Gasteiger charge is -2.20. The highest BCUT2D eigenvalue weighted by molar-refractivity contribution is 6.33. The van der Waals surface area contributed by atoms with Gasteiger partial charge in [0.05, 0.1) is 17.3 Å². The summed E-state index contributed by atoms with van der Waals surface area (Å²) in [7, 11) is 0. The van der Waals surface area contributed by atoms with Gasteiger partial charge < -0.3 is 10.6 Å². The minimum atomic E-state index is -0.0436. The molecule has 0 radical (unpaired) electrons. The van der Waals surface area contributed by atoms with Crippen LogP contribution in [0.2, 0.25) is 5.02 Å². The monoisotopic (exact) mass is 280 g/mol. The SMILES string of the molecule is C[C@H](NCC(=O)Nc1ccccc1Cl)C1CCCC1. The number of hydrogen-bond acceptors (Lipinski definition) is 2. The van der Waals surface area contributed by atoms with E-state index in [0.717, 1.165) is 0 Å². The summed E-state index contributed by atoms with van der Waals surface area (Å²) in [5.74, 6) is 0.672. The first-order valence-electron chi connectivity index (χ1n) is 6.94. The number of amides is 1. The first-order valence-corrected chi connectivity index (χ1v) is 7.32. The van der Waals surface area contributed by atoms with Crippen molar-refractivity contribution in [3.05, 3.63) is 29.3 Å². The number of para-hydroxylation sites is 1. The fourth-order valence-corrected chi connectivity index (χ4v) is 2.82. The van der Waals surface area contributed by atoms with E-state index in [-0.39, 0.29) is 5.91 Å². The highest BCUT2D eigenvalue weighted by Crippen LogP contribution is 2.27. The van der Waals surface area contributed by atoms with Gasteiger partial charge in [-0.05, 0) is 37.8 Å². The van der Waals surface area contributed by atoms with Crippen LogP contribution in [-0.2, 0) is 4.79 Å². The van der Waals surface area contributed by atoms with Crippen molar-refractivity contribution < 1.29 is 4.79 Å². The van der Waals surface area contributed by atoms with Gasteiger partial charge in [-0.1, -0.05) is 36.6 Å². The van der Waals surface area contributed by atoms with Crippen LogP contribution in [0.15, 0.2) is 24.3 Å². The van der Waals surface area contributed by atoms with Crippen LogP contribution in [0, 0.1) is 5.92 Å². The number of rotatable bonds is 5. The minimum Gasteiger partial charge on any atom is -0.324 e. The van der Waals surface area contributed by atoms with Crippen LogP contribution in [0.1, 0.15) is 32.6 Å². The van der Waals surface area contributed by atoms with E-state index >= 15 is 0 Å². The predicted octanol–water partition coefficient (Wildman–Crippen LogP) is 3.45. The molecule has 1 aromatic rings. The van der Waals surface area contributed by atoms with Gasteiger partial charge in [0.1, 0.15) is 0 Å².